The highest BCUT2D eigenvalue weighted by Gasteiger charge is 2.20. The summed E-state index contributed by atoms with van der Waals surface area (Å²) in [6, 6.07) is 1.79. The molecule has 1 aliphatic heterocycles. The van der Waals surface area contributed by atoms with Gasteiger partial charge in [0.25, 0.3) is 0 Å². The summed E-state index contributed by atoms with van der Waals surface area (Å²) in [5, 5.41) is 8.96. The first kappa shape index (κ1) is 9.36. The molecule has 1 saturated heterocycles. The smallest absolute Gasteiger partial charge is 0.225 e. The minimum absolute atomic E-state index is 0.0450. The van der Waals surface area contributed by atoms with Crippen molar-refractivity contribution in [3.63, 3.8) is 0 Å². The second-order valence-electron chi connectivity index (χ2n) is 3.17. The molecule has 0 radical (unpaired) electrons. The molecule has 0 amide bonds. The first-order valence-electron chi connectivity index (χ1n) is 4.64. The van der Waals surface area contributed by atoms with Gasteiger partial charge in [0.1, 0.15) is 0 Å². The van der Waals surface area contributed by atoms with Gasteiger partial charge in [-0.3, -0.25) is 0 Å². The van der Waals surface area contributed by atoms with Gasteiger partial charge in [-0.05, 0) is 6.07 Å². The summed E-state index contributed by atoms with van der Waals surface area (Å²) < 4.78 is 5.33. The van der Waals surface area contributed by atoms with E-state index >= 15 is 0 Å². The number of rotatable bonds is 2. The van der Waals surface area contributed by atoms with E-state index in [-0.39, 0.29) is 12.7 Å². The van der Waals surface area contributed by atoms with Crippen LogP contribution in [-0.2, 0) is 4.74 Å². The topological polar surface area (TPSA) is 58.5 Å². The average Bonchev–Trinajstić information content (AvgIpc) is 2.30. The Bertz CT molecular complexity index is 281. The van der Waals surface area contributed by atoms with Crippen LogP contribution in [0.25, 0.3) is 0 Å². The molecule has 1 N–H and O–H groups in total. The van der Waals surface area contributed by atoms with Gasteiger partial charge >= 0.3 is 0 Å². The summed E-state index contributed by atoms with van der Waals surface area (Å²) in [5.41, 5.74) is 0. The fourth-order valence-electron chi connectivity index (χ4n) is 1.47. The Kier molecular flexibility index (Phi) is 2.90. The summed E-state index contributed by atoms with van der Waals surface area (Å²) in [7, 11) is 0. The van der Waals surface area contributed by atoms with Gasteiger partial charge in [-0.1, -0.05) is 0 Å². The molecular formula is C9H13N3O2. The Hall–Kier alpha value is -1.20. The van der Waals surface area contributed by atoms with Crippen molar-refractivity contribution in [1.29, 1.82) is 0 Å². The van der Waals surface area contributed by atoms with E-state index in [1.807, 2.05) is 4.90 Å². The molecule has 14 heavy (non-hydrogen) atoms. The summed E-state index contributed by atoms with van der Waals surface area (Å²) >= 11 is 0. The average molecular weight is 195 g/mol. The van der Waals surface area contributed by atoms with E-state index in [1.165, 1.54) is 0 Å². The molecule has 5 nitrogen and oxygen atoms in total. The van der Waals surface area contributed by atoms with Crippen LogP contribution in [0, 0.1) is 0 Å². The van der Waals surface area contributed by atoms with Crippen molar-refractivity contribution in [3.8, 4) is 0 Å². The molecule has 2 rings (SSSR count). The summed E-state index contributed by atoms with van der Waals surface area (Å²) in [6.07, 6.45) is 3.31. The number of nitrogens with zero attached hydrogens (tertiary/aromatic N) is 3. The van der Waals surface area contributed by atoms with Crippen LogP contribution in [0.15, 0.2) is 18.5 Å². The van der Waals surface area contributed by atoms with Gasteiger partial charge < -0.3 is 14.7 Å². The third-order valence-electron chi connectivity index (χ3n) is 2.18. The maximum absolute atomic E-state index is 8.96. The summed E-state index contributed by atoms with van der Waals surface area (Å²) in [4.78, 5) is 10.3. The van der Waals surface area contributed by atoms with Gasteiger partial charge in [-0.2, -0.15) is 0 Å². The lowest BCUT2D eigenvalue weighted by atomic mass is 10.3. The SMILES string of the molecule is OC[C@H]1CN(c2ncccn2)CCO1. The fourth-order valence-corrected chi connectivity index (χ4v) is 1.47. The highest BCUT2D eigenvalue weighted by atomic mass is 16.5. The molecule has 76 valence electrons. The quantitative estimate of drug-likeness (QED) is 0.700. The number of hydrogen-bond donors (Lipinski definition) is 1. The first-order valence-corrected chi connectivity index (χ1v) is 4.64. The van der Waals surface area contributed by atoms with Crippen molar-refractivity contribution in [2.24, 2.45) is 0 Å². The van der Waals surface area contributed by atoms with E-state index in [0.717, 1.165) is 6.54 Å². The summed E-state index contributed by atoms with van der Waals surface area (Å²) in [5.74, 6) is 0.703. The van der Waals surface area contributed by atoms with E-state index in [1.54, 1.807) is 18.5 Å². The third kappa shape index (κ3) is 2.00. The van der Waals surface area contributed by atoms with Crippen molar-refractivity contribution >= 4 is 5.95 Å². The van der Waals surface area contributed by atoms with Crippen LogP contribution < -0.4 is 4.90 Å². The largest absolute Gasteiger partial charge is 0.394 e. The highest BCUT2D eigenvalue weighted by Crippen LogP contribution is 2.11. The predicted molar refractivity (Wildman–Crippen MR) is 51.1 cm³/mol. The lowest BCUT2D eigenvalue weighted by Crippen LogP contribution is -2.44. The zero-order chi connectivity index (χ0) is 9.80. The molecule has 1 aromatic heterocycles. The number of hydrogen-bond acceptors (Lipinski definition) is 5. The second kappa shape index (κ2) is 4.34. The number of aromatic nitrogens is 2. The van der Waals surface area contributed by atoms with Crippen LogP contribution in [0.5, 0.6) is 0 Å². The van der Waals surface area contributed by atoms with Gasteiger partial charge in [0, 0.05) is 25.5 Å². The number of aliphatic hydroxyl groups excluding tert-OH is 1. The molecule has 0 unspecified atom stereocenters. The lowest BCUT2D eigenvalue weighted by molar-refractivity contribution is 0.00314. The van der Waals surface area contributed by atoms with Crippen LogP contribution in [0.4, 0.5) is 5.95 Å². The van der Waals surface area contributed by atoms with Gasteiger partial charge in [0.15, 0.2) is 0 Å². The maximum atomic E-state index is 8.96. The van der Waals surface area contributed by atoms with Crippen LogP contribution in [0.2, 0.25) is 0 Å². The molecule has 0 saturated carbocycles. The van der Waals surface area contributed by atoms with E-state index < -0.39 is 0 Å². The Labute approximate surface area is 82.4 Å². The second-order valence-corrected chi connectivity index (χ2v) is 3.17. The molecule has 1 fully saturated rings. The van der Waals surface area contributed by atoms with Crippen molar-refractivity contribution in [1.82, 2.24) is 9.97 Å². The van der Waals surface area contributed by atoms with E-state index in [4.69, 9.17) is 9.84 Å². The van der Waals surface area contributed by atoms with Crippen molar-refractivity contribution < 1.29 is 9.84 Å². The number of anilines is 1. The predicted octanol–water partition coefficient (Wildman–Crippen LogP) is -0.326. The number of ether oxygens (including phenoxy) is 1. The molecule has 0 spiro atoms. The van der Waals surface area contributed by atoms with Gasteiger partial charge in [-0.25, -0.2) is 9.97 Å². The molecular weight excluding hydrogens is 182 g/mol. The molecule has 0 bridgehead atoms. The Morgan fingerprint density at radius 3 is 3.00 bits per heavy atom. The fraction of sp³-hybridized carbons (Fsp3) is 0.556. The molecule has 1 aliphatic rings. The van der Waals surface area contributed by atoms with Gasteiger partial charge in [-0.15, -0.1) is 0 Å². The van der Waals surface area contributed by atoms with Crippen LogP contribution in [0.1, 0.15) is 0 Å². The Balaban J connectivity index is 2.04. The maximum Gasteiger partial charge on any atom is 0.225 e. The Morgan fingerprint density at radius 2 is 2.29 bits per heavy atom. The van der Waals surface area contributed by atoms with Crippen molar-refractivity contribution in [3.05, 3.63) is 18.5 Å². The van der Waals surface area contributed by atoms with E-state index in [0.29, 0.717) is 19.1 Å². The highest BCUT2D eigenvalue weighted by molar-refractivity contribution is 5.29. The third-order valence-corrected chi connectivity index (χ3v) is 2.18. The van der Waals surface area contributed by atoms with Crippen molar-refractivity contribution in [2.75, 3.05) is 31.2 Å². The number of aliphatic hydroxyl groups is 1. The zero-order valence-electron chi connectivity index (χ0n) is 7.83. The molecule has 1 aromatic rings. The Morgan fingerprint density at radius 1 is 1.50 bits per heavy atom. The van der Waals surface area contributed by atoms with Gasteiger partial charge in [0.2, 0.25) is 5.95 Å². The minimum atomic E-state index is -0.118. The van der Waals surface area contributed by atoms with Crippen molar-refractivity contribution in [2.45, 2.75) is 6.10 Å². The summed E-state index contributed by atoms with van der Waals surface area (Å²) in [6.45, 7) is 2.09. The molecule has 5 heteroatoms. The number of morpholine rings is 1. The van der Waals surface area contributed by atoms with Crippen LogP contribution in [0.3, 0.4) is 0 Å². The molecule has 0 aliphatic carbocycles. The first-order chi connectivity index (χ1) is 6.90. The van der Waals surface area contributed by atoms with Crippen LogP contribution >= 0.6 is 0 Å². The normalized spacial score (nSPS) is 22.4. The minimum Gasteiger partial charge on any atom is -0.394 e. The molecule has 2 heterocycles. The van der Waals surface area contributed by atoms with Gasteiger partial charge in [0.05, 0.1) is 19.3 Å². The monoisotopic (exact) mass is 195 g/mol. The molecule has 0 aromatic carbocycles. The van der Waals surface area contributed by atoms with Crippen LogP contribution in [-0.4, -0.2) is 47.5 Å². The van der Waals surface area contributed by atoms with E-state index in [2.05, 4.69) is 9.97 Å². The molecule has 1 atom stereocenters. The van der Waals surface area contributed by atoms with E-state index in [9.17, 15) is 0 Å². The standard InChI is InChI=1S/C9H13N3O2/c13-7-8-6-12(4-5-14-8)9-10-2-1-3-11-9/h1-3,8,13H,4-7H2/t8-/m1/s1. The zero-order valence-corrected chi connectivity index (χ0v) is 7.83. The lowest BCUT2D eigenvalue weighted by Gasteiger charge is -2.31.